The molecular formula is C12H12N2O4S. The number of nitrogens with zero attached hydrogens (tertiary/aromatic N) is 2. The second-order valence-electron chi connectivity index (χ2n) is 3.69. The number of aromatic carboxylic acids is 1. The van der Waals surface area contributed by atoms with Crippen LogP contribution in [0.1, 0.15) is 21.9 Å². The summed E-state index contributed by atoms with van der Waals surface area (Å²) in [7, 11) is 1.58. The summed E-state index contributed by atoms with van der Waals surface area (Å²) in [4.78, 5) is 15.4. The lowest BCUT2D eigenvalue weighted by Crippen LogP contribution is -1.99. The van der Waals surface area contributed by atoms with Gasteiger partial charge in [-0.25, -0.2) is 9.78 Å². The molecular weight excluding hydrogens is 268 g/mol. The minimum absolute atomic E-state index is 0.0326. The fourth-order valence-electron chi connectivity index (χ4n) is 1.41. The molecule has 0 amide bonds. The number of carbonyl (C=O) groups is 1. The first kappa shape index (κ1) is 13.6. The SMILES string of the molecule is COCc1cc(CSc2ccnc(C(=O)O)c2)no1. The molecule has 0 radical (unpaired) electrons. The molecule has 100 valence electrons. The Morgan fingerprint density at radius 1 is 1.53 bits per heavy atom. The number of thioether (sulfide) groups is 1. The summed E-state index contributed by atoms with van der Waals surface area (Å²) in [6.07, 6.45) is 1.48. The van der Waals surface area contributed by atoms with Gasteiger partial charge in [-0.2, -0.15) is 0 Å². The zero-order chi connectivity index (χ0) is 13.7. The highest BCUT2D eigenvalue weighted by Crippen LogP contribution is 2.22. The van der Waals surface area contributed by atoms with E-state index in [1.165, 1.54) is 24.0 Å². The number of hydrogen-bond donors (Lipinski definition) is 1. The van der Waals surface area contributed by atoms with E-state index in [2.05, 4.69) is 10.1 Å². The van der Waals surface area contributed by atoms with Gasteiger partial charge < -0.3 is 14.4 Å². The van der Waals surface area contributed by atoms with Gasteiger partial charge in [-0.3, -0.25) is 0 Å². The van der Waals surface area contributed by atoms with Crippen LogP contribution in [0.25, 0.3) is 0 Å². The molecule has 2 aromatic heterocycles. The largest absolute Gasteiger partial charge is 0.477 e. The molecule has 1 N–H and O–H groups in total. The minimum Gasteiger partial charge on any atom is -0.477 e. The molecule has 0 aliphatic carbocycles. The average molecular weight is 280 g/mol. The maximum absolute atomic E-state index is 10.8. The van der Waals surface area contributed by atoms with Gasteiger partial charge >= 0.3 is 5.97 Å². The number of ether oxygens (including phenoxy) is 1. The van der Waals surface area contributed by atoms with Crippen LogP contribution in [0.3, 0.4) is 0 Å². The van der Waals surface area contributed by atoms with Gasteiger partial charge in [-0.05, 0) is 12.1 Å². The van der Waals surface area contributed by atoms with Crippen molar-refractivity contribution >= 4 is 17.7 Å². The summed E-state index contributed by atoms with van der Waals surface area (Å²) in [5.74, 6) is 0.223. The van der Waals surface area contributed by atoms with Gasteiger partial charge in [0.15, 0.2) is 5.76 Å². The fourth-order valence-corrected chi connectivity index (χ4v) is 2.21. The summed E-state index contributed by atoms with van der Waals surface area (Å²) in [6, 6.07) is 5.10. The fraction of sp³-hybridized carbons (Fsp3) is 0.250. The molecule has 0 aliphatic heterocycles. The van der Waals surface area contributed by atoms with Gasteiger partial charge in [0.25, 0.3) is 0 Å². The highest BCUT2D eigenvalue weighted by atomic mass is 32.2. The van der Waals surface area contributed by atoms with Gasteiger partial charge in [0.2, 0.25) is 0 Å². The van der Waals surface area contributed by atoms with Crippen LogP contribution in [-0.2, 0) is 17.1 Å². The van der Waals surface area contributed by atoms with Gasteiger partial charge in [0.1, 0.15) is 12.3 Å². The van der Waals surface area contributed by atoms with Crippen LogP contribution in [0.2, 0.25) is 0 Å². The van der Waals surface area contributed by atoms with E-state index >= 15 is 0 Å². The van der Waals surface area contributed by atoms with Crippen LogP contribution in [0, 0.1) is 0 Å². The Hall–Kier alpha value is -1.86. The highest BCUT2D eigenvalue weighted by molar-refractivity contribution is 7.98. The lowest BCUT2D eigenvalue weighted by Gasteiger charge is -1.99. The summed E-state index contributed by atoms with van der Waals surface area (Å²) in [6.45, 7) is 0.385. The van der Waals surface area contributed by atoms with Crippen LogP contribution in [0.15, 0.2) is 33.8 Å². The molecule has 0 fully saturated rings. The Morgan fingerprint density at radius 3 is 3.11 bits per heavy atom. The number of aromatic nitrogens is 2. The van der Waals surface area contributed by atoms with E-state index in [0.29, 0.717) is 18.1 Å². The van der Waals surface area contributed by atoms with E-state index in [4.69, 9.17) is 14.4 Å². The number of carboxylic acid groups (broad SMARTS) is 1. The summed E-state index contributed by atoms with van der Waals surface area (Å²) < 4.78 is 9.99. The number of pyridine rings is 1. The molecule has 6 nitrogen and oxygen atoms in total. The maximum atomic E-state index is 10.8. The van der Waals surface area contributed by atoms with Crippen LogP contribution >= 0.6 is 11.8 Å². The van der Waals surface area contributed by atoms with E-state index in [9.17, 15) is 4.79 Å². The molecule has 0 saturated carbocycles. The quantitative estimate of drug-likeness (QED) is 0.812. The number of hydrogen-bond acceptors (Lipinski definition) is 6. The summed E-state index contributed by atoms with van der Waals surface area (Å²) in [5, 5.41) is 12.7. The minimum atomic E-state index is -1.04. The smallest absolute Gasteiger partial charge is 0.354 e. The predicted octanol–water partition coefficient (Wildman–Crippen LogP) is 2.21. The Balaban J connectivity index is 1.97. The molecule has 0 saturated heterocycles. The van der Waals surface area contributed by atoms with E-state index in [-0.39, 0.29) is 5.69 Å². The zero-order valence-electron chi connectivity index (χ0n) is 10.2. The average Bonchev–Trinajstić information content (AvgIpc) is 2.85. The highest BCUT2D eigenvalue weighted by Gasteiger charge is 2.07. The van der Waals surface area contributed by atoms with Crippen molar-refractivity contribution < 1.29 is 19.2 Å². The molecule has 0 atom stereocenters. The van der Waals surface area contributed by atoms with E-state index in [1.807, 2.05) is 6.07 Å². The van der Waals surface area contributed by atoms with Gasteiger partial charge in [-0.15, -0.1) is 11.8 Å². The van der Waals surface area contributed by atoms with Gasteiger partial charge in [-0.1, -0.05) is 5.16 Å². The van der Waals surface area contributed by atoms with Crippen molar-refractivity contribution in [1.29, 1.82) is 0 Å². The Morgan fingerprint density at radius 2 is 2.37 bits per heavy atom. The molecule has 0 aliphatic rings. The molecule has 0 aromatic carbocycles. The van der Waals surface area contributed by atoms with Gasteiger partial charge in [0, 0.05) is 30.0 Å². The molecule has 0 spiro atoms. The molecule has 0 bridgehead atoms. The first-order valence-electron chi connectivity index (χ1n) is 5.44. The van der Waals surface area contributed by atoms with Crippen molar-refractivity contribution in [2.45, 2.75) is 17.3 Å². The van der Waals surface area contributed by atoms with Crippen molar-refractivity contribution in [2.75, 3.05) is 7.11 Å². The van der Waals surface area contributed by atoms with Crippen molar-refractivity contribution in [3.05, 3.63) is 41.5 Å². The number of methoxy groups -OCH3 is 1. The molecule has 7 heteroatoms. The number of rotatable bonds is 6. The topological polar surface area (TPSA) is 85.5 Å². The Labute approximate surface area is 113 Å². The lowest BCUT2D eigenvalue weighted by molar-refractivity contribution is 0.0690. The molecule has 2 rings (SSSR count). The second-order valence-corrected chi connectivity index (χ2v) is 4.74. The Kier molecular flexibility index (Phi) is 4.53. The van der Waals surface area contributed by atoms with Crippen LogP contribution in [0.5, 0.6) is 0 Å². The van der Waals surface area contributed by atoms with Gasteiger partial charge in [0.05, 0.1) is 5.69 Å². The number of carboxylic acids is 1. The third-order valence-corrected chi connectivity index (χ3v) is 3.26. The van der Waals surface area contributed by atoms with Crippen molar-refractivity contribution in [3.63, 3.8) is 0 Å². The first-order valence-corrected chi connectivity index (χ1v) is 6.43. The molecule has 2 aromatic rings. The standard InChI is InChI=1S/C12H12N2O4S/c1-17-6-9-4-8(14-18-9)7-19-10-2-3-13-11(5-10)12(15)16/h2-5H,6-7H2,1H3,(H,15,16). The lowest BCUT2D eigenvalue weighted by atomic mass is 10.3. The third kappa shape index (κ3) is 3.80. The monoisotopic (exact) mass is 280 g/mol. The maximum Gasteiger partial charge on any atom is 0.354 e. The van der Waals surface area contributed by atoms with Crippen LogP contribution in [0.4, 0.5) is 0 Å². The van der Waals surface area contributed by atoms with Crippen molar-refractivity contribution in [1.82, 2.24) is 10.1 Å². The summed E-state index contributed by atoms with van der Waals surface area (Å²) in [5.41, 5.74) is 0.816. The van der Waals surface area contributed by atoms with E-state index < -0.39 is 5.97 Å². The van der Waals surface area contributed by atoms with Crippen LogP contribution in [-0.4, -0.2) is 28.3 Å². The third-order valence-electron chi connectivity index (χ3n) is 2.23. The first-order chi connectivity index (χ1) is 9.19. The van der Waals surface area contributed by atoms with E-state index in [0.717, 1.165) is 10.6 Å². The molecule has 2 heterocycles. The van der Waals surface area contributed by atoms with Crippen molar-refractivity contribution in [2.24, 2.45) is 0 Å². The van der Waals surface area contributed by atoms with Crippen LogP contribution < -0.4 is 0 Å². The zero-order valence-corrected chi connectivity index (χ0v) is 11.0. The van der Waals surface area contributed by atoms with E-state index in [1.54, 1.807) is 13.2 Å². The molecule has 0 unspecified atom stereocenters. The predicted molar refractivity (Wildman–Crippen MR) is 68.0 cm³/mol. The normalized spacial score (nSPS) is 10.6. The Bertz CT molecular complexity index is 570. The van der Waals surface area contributed by atoms with Crippen molar-refractivity contribution in [3.8, 4) is 0 Å². The summed E-state index contributed by atoms with van der Waals surface area (Å²) >= 11 is 1.47. The molecule has 19 heavy (non-hydrogen) atoms. The second kappa shape index (κ2) is 6.35.